The predicted molar refractivity (Wildman–Crippen MR) is 202 cm³/mol. The highest BCUT2D eigenvalue weighted by Gasteiger charge is 2.59. The Labute approximate surface area is 292 Å². The second kappa shape index (κ2) is 19.2. The van der Waals surface area contributed by atoms with E-state index in [-0.39, 0.29) is 12.1 Å². The monoisotopic (exact) mass is 650 g/mol. The largest absolute Gasteiger partial charge is 0.462 e. The minimum atomic E-state index is 0.0477. The molecule has 0 aromatic carbocycles. The lowest BCUT2D eigenvalue weighted by Gasteiger charge is -2.58. The van der Waals surface area contributed by atoms with E-state index in [1.54, 1.807) is 5.57 Å². The second-order valence-corrected chi connectivity index (χ2v) is 17.6. The Morgan fingerprint density at radius 3 is 2.30 bits per heavy atom. The number of rotatable bonds is 20. The molecule has 2 heteroatoms. The number of fused-ring (bicyclic) bond motifs is 5. The van der Waals surface area contributed by atoms with Crippen molar-refractivity contribution in [2.75, 3.05) is 0 Å². The molecule has 0 unspecified atom stereocenters. The molecule has 0 amide bonds. The lowest BCUT2D eigenvalue weighted by molar-refractivity contribution is -0.151. The number of carbonyl (C=O) groups excluding carboxylic acids is 1. The minimum absolute atomic E-state index is 0.0477. The van der Waals surface area contributed by atoms with E-state index in [0.29, 0.717) is 17.3 Å². The maximum atomic E-state index is 12.8. The zero-order valence-electron chi connectivity index (χ0n) is 32.0. The van der Waals surface area contributed by atoms with Crippen LogP contribution in [-0.2, 0) is 9.53 Å². The van der Waals surface area contributed by atoms with Gasteiger partial charge in [-0.1, -0.05) is 129 Å². The first kappa shape index (κ1) is 38.5. The molecule has 8 atom stereocenters. The van der Waals surface area contributed by atoms with E-state index >= 15 is 0 Å². The number of esters is 1. The molecule has 4 aliphatic carbocycles. The van der Waals surface area contributed by atoms with Gasteiger partial charge in [0.05, 0.1) is 0 Å². The molecular weight excluding hydrogens is 573 g/mol. The van der Waals surface area contributed by atoms with Crippen LogP contribution >= 0.6 is 0 Å². The molecule has 2 nitrogen and oxygen atoms in total. The van der Waals surface area contributed by atoms with Crippen molar-refractivity contribution in [2.45, 2.75) is 195 Å². The average Bonchev–Trinajstić information content (AvgIpc) is 3.40. The Kier molecular flexibility index (Phi) is 15.7. The third-order valence-electron chi connectivity index (χ3n) is 13.9. The van der Waals surface area contributed by atoms with Crippen molar-refractivity contribution in [3.05, 3.63) is 36.0 Å². The smallest absolute Gasteiger partial charge is 0.306 e. The Bertz CT molecular complexity index is 1020. The van der Waals surface area contributed by atoms with Gasteiger partial charge in [-0.3, -0.25) is 4.79 Å². The number of unbranched alkanes of at least 4 members (excludes halogenated alkanes) is 8. The molecule has 0 aromatic heterocycles. The van der Waals surface area contributed by atoms with Gasteiger partial charge in [0.15, 0.2) is 0 Å². The van der Waals surface area contributed by atoms with Gasteiger partial charge in [0.1, 0.15) is 6.10 Å². The predicted octanol–water partition coefficient (Wildman–Crippen LogP) is 13.8. The number of carbonyl (C=O) groups is 1. The van der Waals surface area contributed by atoms with Crippen LogP contribution in [0.1, 0.15) is 189 Å². The zero-order chi connectivity index (χ0) is 33.7. The van der Waals surface area contributed by atoms with E-state index in [1.165, 1.54) is 109 Å². The zero-order valence-corrected chi connectivity index (χ0v) is 32.0. The number of hydrogen-bond donors (Lipinski definition) is 0. The van der Waals surface area contributed by atoms with E-state index in [1.807, 2.05) is 0 Å². The van der Waals surface area contributed by atoms with E-state index in [4.69, 9.17) is 4.74 Å². The van der Waals surface area contributed by atoms with Gasteiger partial charge in [-0.05, 0) is 130 Å². The van der Waals surface area contributed by atoms with Gasteiger partial charge in [-0.25, -0.2) is 0 Å². The van der Waals surface area contributed by atoms with Crippen molar-refractivity contribution < 1.29 is 9.53 Å². The maximum absolute atomic E-state index is 12.8. The lowest BCUT2D eigenvalue weighted by atomic mass is 9.47. The third kappa shape index (κ3) is 10.6. The topological polar surface area (TPSA) is 26.3 Å². The second-order valence-electron chi connectivity index (χ2n) is 17.6. The van der Waals surface area contributed by atoms with Crippen LogP contribution in [0.2, 0.25) is 0 Å². The molecule has 0 aliphatic heterocycles. The molecule has 4 rings (SSSR count). The van der Waals surface area contributed by atoms with Crippen LogP contribution in [-0.4, -0.2) is 12.1 Å². The summed E-state index contributed by atoms with van der Waals surface area (Å²) in [7, 11) is 0. The Balaban J connectivity index is 1.13. The summed E-state index contributed by atoms with van der Waals surface area (Å²) < 4.78 is 6.12. The number of allylic oxidation sites excluding steroid dienone is 5. The standard InChI is InChI=1S/C45H76O2/c1-7-8-9-10-11-12-13-14-15-16-17-18-19-20-21-25-43(46)47-38-30-32-44(5)37(34-38)26-27-39-41-29-28-40(36(4)24-22-23-35(2)3)45(41,6)33-31-42(39)44/h11-12,14-15,26,35-36,38-42H,7-10,13,16-25,27-34H2,1-6H3/b12-11-,15-14-/t36-,38+,39+,40-,41+,42+,44+,45-/m1/s1/i43+1. The lowest BCUT2D eigenvalue weighted by Crippen LogP contribution is -2.51. The molecule has 0 N–H and O–H groups in total. The first-order valence-electron chi connectivity index (χ1n) is 20.9. The number of ether oxygens (including phenoxy) is 1. The van der Waals surface area contributed by atoms with Crippen LogP contribution in [0, 0.1) is 46.3 Å². The van der Waals surface area contributed by atoms with E-state index < -0.39 is 0 Å². The Hall–Kier alpha value is -1.31. The van der Waals surface area contributed by atoms with Gasteiger partial charge in [0.2, 0.25) is 0 Å². The van der Waals surface area contributed by atoms with Crippen molar-refractivity contribution in [1.82, 2.24) is 0 Å². The van der Waals surface area contributed by atoms with Gasteiger partial charge in [0, 0.05) is 12.8 Å². The van der Waals surface area contributed by atoms with Gasteiger partial charge in [-0.15, -0.1) is 0 Å². The summed E-state index contributed by atoms with van der Waals surface area (Å²) in [4.78, 5) is 12.8. The van der Waals surface area contributed by atoms with Crippen LogP contribution in [0.15, 0.2) is 36.0 Å². The van der Waals surface area contributed by atoms with Crippen molar-refractivity contribution in [3.8, 4) is 0 Å². The summed E-state index contributed by atoms with van der Waals surface area (Å²) in [5, 5.41) is 0. The van der Waals surface area contributed by atoms with Crippen molar-refractivity contribution in [1.29, 1.82) is 0 Å². The summed E-state index contributed by atoms with van der Waals surface area (Å²) in [6.45, 7) is 14.9. The molecule has 0 spiro atoms. The molecule has 3 fully saturated rings. The van der Waals surface area contributed by atoms with Crippen molar-refractivity contribution >= 4 is 5.97 Å². The molecule has 4 aliphatic rings. The summed E-state index contributed by atoms with van der Waals surface area (Å²) in [6, 6.07) is 0. The van der Waals surface area contributed by atoms with Crippen LogP contribution in [0.4, 0.5) is 0 Å². The van der Waals surface area contributed by atoms with E-state index in [2.05, 4.69) is 71.9 Å². The maximum Gasteiger partial charge on any atom is 0.306 e. The van der Waals surface area contributed by atoms with E-state index in [0.717, 1.165) is 67.6 Å². The van der Waals surface area contributed by atoms with Gasteiger partial charge in [0.25, 0.3) is 0 Å². The normalized spacial score (nSPS) is 32.7. The molecule has 0 heterocycles. The average molecular weight is 650 g/mol. The van der Waals surface area contributed by atoms with E-state index in [9.17, 15) is 4.79 Å². The van der Waals surface area contributed by atoms with Crippen molar-refractivity contribution in [2.24, 2.45) is 46.3 Å². The summed E-state index contributed by atoms with van der Waals surface area (Å²) in [6.07, 6.45) is 40.5. The molecule has 0 bridgehead atoms. The highest BCUT2D eigenvalue weighted by atomic mass is 16.6. The first-order valence-corrected chi connectivity index (χ1v) is 20.9. The van der Waals surface area contributed by atoms with Crippen LogP contribution in [0.5, 0.6) is 0 Å². The van der Waals surface area contributed by atoms with Gasteiger partial charge in [-0.2, -0.15) is 0 Å². The molecule has 268 valence electrons. The van der Waals surface area contributed by atoms with Crippen LogP contribution in [0.3, 0.4) is 0 Å². The molecule has 0 radical (unpaired) electrons. The minimum Gasteiger partial charge on any atom is -0.462 e. The summed E-state index contributed by atoms with van der Waals surface area (Å²) in [5.41, 5.74) is 2.52. The summed E-state index contributed by atoms with van der Waals surface area (Å²) >= 11 is 0. The Morgan fingerprint density at radius 1 is 0.830 bits per heavy atom. The summed E-state index contributed by atoms with van der Waals surface area (Å²) in [5.74, 6) is 5.30. The third-order valence-corrected chi connectivity index (χ3v) is 13.9. The van der Waals surface area contributed by atoms with Gasteiger partial charge >= 0.3 is 5.97 Å². The Morgan fingerprint density at radius 2 is 1.55 bits per heavy atom. The first-order chi connectivity index (χ1) is 22.7. The fourth-order valence-electron chi connectivity index (χ4n) is 11.1. The van der Waals surface area contributed by atoms with Crippen LogP contribution in [0.25, 0.3) is 0 Å². The number of hydrogen-bond acceptors (Lipinski definition) is 2. The quantitative estimate of drug-likeness (QED) is 0.0568. The van der Waals surface area contributed by atoms with Gasteiger partial charge < -0.3 is 4.74 Å². The molecule has 0 saturated heterocycles. The fraction of sp³-hybridized carbons (Fsp3) is 0.844. The highest BCUT2D eigenvalue weighted by Crippen LogP contribution is 2.67. The molecule has 3 saturated carbocycles. The molecule has 47 heavy (non-hydrogen) atoms. The fourth-order valence-corrected chi connectivity index (χ4v) is 11.1. The SMILES string of the molecule is CCCCC/C=C\C/C=C\CCCCCCC[13C](=O)O[C@H]1CC[C@@]2(C)C(=CC[C@H]3[C@@H]4CC[C@H]([C@H](C)CCCC(C)C)[C@@]4(C)CC[C@@H]32)C1. The van der Waals surface area contributed by atoms with Crippen molar-refractivity contribution in [3.63, 3.8) is 0 Å². The highest BCUT2D eigenvalue weighted by molar-refractivity contribution is 5.69. The molecule has 0 aromatic rings. The molecular formula is C45H76O2. The van der Waals surface area contributed by atoms with Crippen LogP contribution < -0.4 is 0 Å².